The Morgan fingerprint density at radius 3 is 2.18 bits per heavy atom. The van der Waals surface area contributed by atoms with E-state index in [0.717, 1.165) is 0 Å². The summed E-state index contributed by atoms with van der Waals surface area (Å²) in [5.41, 5.74) is -3.83. The van der Waals surface area contributed by atoms with Crippen molar-refractivity contribution in [3.63, 3.8) is 0 Å². The molecule has 2 N–H and O–H groups in total. The van der Waals surface area contributed by atoms with Crippen LogP contribution in [0.4, 0.5) is 4.79 Å². The van der Waals surface area contributed by atoms with Crippen molar-refractivity contribution in [3.8, 4) is 0 Å². The van der Waals surface area contributed by atoms with E-state index >= 15 is 0 Å². The van der Waals surface area contributed by atoms with Crippen molar-refractivity contribution in [2.75, 3.05) is 32.1 Å². The molecule has 0 spiro atoms. The van der Waals surface area contributed by atoms with Gasteiger partial charge in [0.25, 0.3) is 10.1 Å². The van der Waals surface area contributed by atoms with Gasteiger partial charge in [0.1, 0.15) is 0 Å². The molecule has 0 aromatic carbocycles. The summed E-state index contributed by atoms with van der Waals surface area (Å²) in [6.45, 7) is 7.67. The highest BCUT2D eigenvalue weighted by molar-refractivity contribution is 7.86. The van der Waals surface area contributed by atoms with Crippen molar-refractivity contribution < 1.29 is 51.1 Å². The van der Waals surface area contributed by atoms with Gasteiger partial charge in [0.05, 0.1) is 31.5 Å². The molecule has 1 atom stereocenters. The van der Waals surface area contributed by atoms with Crippen molar-refractivity contribution in [3.05, 3.63) is 0 Å². The Balaban J connectivity index is 5.61. The lowest BCUT2D eigenvalue weighted by Crippen LogP contribution is -2.57. The summed E-state index contributed by atoms with van der Waals surface area (Å²) in [5.74, 6) is -3.79. The number of amides is 1. The van der Waals surface area contributed by atoms with E-state index in [4.69, 9.17) is 13.7 Å². The van der Waals surface area contributed by atoms with Crippen LogP contribution < -0.4 is 5.32 Å². The molecule has 0 rings (SSSR count). The first-order valence-electron chi connectivity index (χ1n) is 10.5. The second-order valence-electron chi connectivity index (χ2n) is 8.23. The molecule has 12 nitrogen and oxygen atoms in total. The third-order valence-corrected chi connectivity index (χ3v) is 5.93. The van der Waals surface area contributed by atoms with Crippen LogP contribution >= 0.6 is 0 Å². The average molecular weight is 498 g/mol. The molecule has 0 fully saturated rings. The molecule has 0 saturated carbocycles. The highest BCUT2D eigenvalue weighted by Crippen LogP contribution is 2.39. The number of esters is 1. The molecule has 0 heterocycles. The van der Waals surface area contributed by atoms with E-state index < -0.39 is 70.5 Å². The fourth-order valence-corrected chi connectivity index (χ4v) is 3.71. The number of carboxylic acids is 1. The molecule has 1 amide bonds. The van der Waals surface area contributed by atoms with Gasteiger partial charge in [-0.25, -0.2) is 9.59 Å². The number of nitrogens with one attached hydrogen (secondary N) is 1. The minimum absolute atomic E-state index is 0.0460. The predicted octanol–water partition coefficient (Wildman–Crippen LogP) is 1.47. The molecule has 1 unspecified atom stereocenters. The summed E-state index contributed by atoms with van der Waals surface area (Å²) in [7, 11) is -4.07. The maximum absolute atomic E-state index is 12.3. The van der Waals surface area contributed by atoms with Gasteiger partial charge in [-0.2, -0.15) is 8.42 Å². The number of ether oxygens (including phenoxy) is 3. The predicted molar refractivity (Wildman–Crippen MR) is 116 cm³/mol. The van der Waals surface area contributed by atoms with Crippen LogP contribution in [0.3, 0.4) is 0 Å². The Morgan fingerprint density at radius 1 is 1.09 bits per heavy atom. The zero-order valence-electron chi connectivity index (χ0n) is 20.0. The van der Waals surface area contributed by atoms with Gasteiger partial charge in [-0.05, 0) is 13.3 Å². The van der Waals surface area contributed by atoms with Gasteiger partial charge < -0.3 is 24.6 Å². The molecular formula is C20H35NO11S. The lowest BCUT2D eigenvalue weighted by Gasteiger charge is -2.42. The van der Waals surface area contributed by atoms with Gasteiger partial charge in [0.2, 0.25) is 11.5 Å². The molecule has 0 radical (unpaired) electrons. The second kappa shape index (κ2) is 13.3. The number of hydrogen-bond donors (Lipinski definition) is 2. The second-order valence-corrected chi connectivity index (χ2v) is 9.99. The van der Waals surface area contributed by atoms with Gasteiger partial charge in [0, 0.05) is 25.3 Å². The van der Waals surface area contributed by atoms with Gasteiger partial charge >= 0.3 is 18.1 Å². The van der Waals surface area contributed by atoms with E-state index in [1.54, 1.807) is 6.92 Å². The number of hydrogen-bond acceptors (Lipinski definition) is 10. The topological polar surface area (TPSA) is 172 Å². The highest BCUT2D eigenvalue weighted by Gasteiger charge is 2.56. The Hall–Kier alpha value is -2.41. The van der Waals surface area contributed by atoms with E-state index in [0.29, 0.717) is 0 Å². The Kier molecular flexibility index (Phi) is 12.4. The van der Waals surface area contributed by atoms with Crippen LogP contribution in [-0.4, -0.2) is 75.2 Å². The van der Waals surface area contributed by atoms with Crippen molar-refractivity contribution >= 4 is 34.1 Å². The summed E-state index contributed by atoms with van der Waals surface area (Å²) in [5, 5.41) is 12.5. The fourth-order valence-electron chi connectivity index (χ4n) is 2.62. The van der Waals surface area contributed by atoms with Gasteiger partial charge in [-0.15, -0.1) is 0 Å². The first-order valence-corrected chi connectivity index (χ1v) is 12.0. The van der Waals surface area contributed by atoms with E-state index in [9.17, 15) is 32.7 Å². The lowest BCUT2D eigenvalue weighted by atomic mass is 9.73. The van der Waals surface area contributed by atoms with E-state index in [1.165, 1.54) is 34.6 Å². The SMILES string of the molecule is CCOC(=O)OCCC(OC(=O)C(C)C)(C(=O)O)C(C)(C)COS(=O)(=O)CCCNC(C)=O. The first-order chi connectivity index (χ1) is 15.1. The van der Waals surface area contributed by atoms with E-state index in [1.807, 2.05) is 0 Å². The normalized spacial score (nSPS) is 13.7. The highest BCUT2D eigenvalue weighted by atomic mass is 32.2. The van der Waals surface area contributed by atoms with Crippen molar-refractivity contribution in [1.82, 2.24) is 5.32 Å². The fraction of sp³-hybridized carbons (Fsp3) is 0.800. The van der Waals surface area contributed by atoms with Crippen LogP contribution in [0.15, 0.2) is 0 Å². The summed E-state index contributed by atoms with van der Waals surface area (Å²) >= 11 is 0. The lowest BCUT2D eigenvalue weighted by molar-refractivity contribution is -0.202. The molecule has 0 bridgehead atoms. The minimum atomic E-state index is -4.07. The van der Waals surface area contributed by atoms with Crippen LogP contribution in [0.1, 0.15) is 54.4 Å². The Morgan fingerprint density at radius 2 is 1.70 bits per heavy atom. The maximum Gasteiger partial charge on any atom is 0.508 e. The number of rotatable bonds is 15. The Bertz CT molecular complexity index is 792. The number of carboxylic acid groups (broad SMARTS) is 1. The van der Waals surface area contributed by atoms with Crippen molar-refractivity contribution in [1.29, 1.82) is 0 Å². The molecule has 0 saturated heterocycles. The standard InChI is InChI=1S/C20H35NO11S/c1-7-29-18(26)30-11-9-20(17(24)25,32-16(23)14(2)3)19(5,6)13-31-33(27,28)12-8-10-21-15(4)22/h14H,7-13H2,1-6H3,(H,21,22)(H,24,25). The summed E-state index contributed by atoms with van der Waals surface area (Å²) in [6, 6.07) is 0. The van der Waals surface area contributed by atoms with Crippen LogP contribution in [-0.2, 0) is 42.9 Å². The quantitative estimate of drug-likeness (QED) is 0.191. The van der Waals surface area contributed by atoms with Crippen LogP contribution in [0.2, 0.25) is 0 Å². The van der Waals surface area contributed by atoms with E-state index in [2.05, 4.69) is 10.1 Å². The molecule has 13 heteroatoms. The van der Waals surface area contributed by atoms with Gasteiger partial charge in [0.15, 0.2) is 0 Å². The zero-order chi connectivity index (χ0) is 25.9. The molecule has 33 heavy (non-hydrogen) atoms. The number of aliphatic carboxylic acids is 1. The molecule has 0 aliphatic carbocycles. The molecule has 0 aliphatic rings. The maximum atomic E-state index is 12.3. The van der Waals surface area contributed by atoms with Crippen molar-refractivity contribution in [2.24, 2.45) is 11.3 Å². The summed E-state index contributed by atoms with van der Waals surface area (Å²) < 4.78 is 44.4. The Labute approximate surface area is 194 Å². The van der Waals surface area contributed by atoms with Crippen LogP contribution in [0.5, 0.6) is 0 Å². The number of carbonyl (C=O) groups is 4. The molecule has 0 aliphatic heterocycles. The smallest absolute Gasteiger partial charge is 0.478 e. The van der Waals surface area contributed by atoms with Gasteiger partial charge in [-0.3, -0.25) is 13.8 Å². The number of carbonyl (C=O) groups excluding carboxylic acids is 3. The minimum Gasteiger partial charge on any atom is -0.478 e. The van der Waals surface area contributed by atoms with Crippen molar-refractivity contribution in [2.45, 2.75) is 60.0 Å². The molecular weight excluding hydrogens is 462 g/mol. The molecule has 192 valence electrons. The molecule has 0 aromatic heterocycles. The van der Waals surface area contributed by atoms with E-state index in [-0.39, 0.29) is 25.5 Å². The average Bonchev–Trinajstić information content (AvgIpc) is 2.68. The third kappa shape index (κ3) is 10.4. The van der Waals surface area contributed by atoms with Crippen LogP contribution in [0.25, 0.3) is 0 Å². The van der Waals surface area contributed by atoms with Crippen LogP contribution in [0, 0.1) is 11.3 Å². The monoisotopic (exact) mass is 497 g/mol. The van der Waals surface area contributed by atoms with Gasteiger partial charge in [-0.1, -0.05) is 27.7 Å². The first kappa shape index (κ1) is 30.6. The summed E-state index contributed by atoms with van der Waals surface area (Å²) in [6.07, 6.45) is -1.41. The summed E-state index contributed by atoms with van der Waals surface area (Å²) in [4.78, 5) is 47.0. The zero-order valence-corrected chi connectivity index (χ0v) is 20.8. The largest absolute Gasteiger partial charge is 0.508 e. The molecule has 0 aromatic rings. The third-order valence-electron chi connectivity index (χ3n) is 4.67.